The highest BCUT2D eigenvalue weighted by Crippen LogP contribution is 2.22. The lowest BCUT2D eigenvalue weighted by molar-refractivity contribution is 0.875. The highest BCUT2D eigenvalue weighted by Gasteiger charge is 2.10. The summed E-state index contributed by atoms with van der Waals surface area (Å²) in [6.45, 7) is 3.86. The van der Waals surface area contributed by atoms with Crippen molar-refractivity contribution in [1.82, 2.24) is 19.6 Å². The van der Waals surface area contributed by atoms with Crippen molar-refractivity contribution in [3.8, 4) is 0 Å². The molecule has 0 aliphatic heterocycles. The molecule has 0 amide bonds. The molecule has 0 fully saturated rings. The van der Waals surface area contributed by atoms with Gasteiger partial charge in [-0.15, -0.1) is 11.3 Å². The summed E-state index contributed by atoms with van der Waals surface area (Å²) >= 11 is 1.69. The smallest absolute Gasteiger partial charge is 0.349 e. The van der Waals surface area contributed by atoms with Gasteiger partial charge in [0.25, 0.3) is 0 Å². The maximum absolute atomic E-state index is 11.5. The average Bonchev–Trinajstić information content (AvgIpc) is 2.99. The maximum atomic E-state index is 11.5. The van der Waals surface area contributed by atoms with Crippen molar-refractivity contribution in [2.45, 2.75) is 19.9 Å². The Morgan fingerprint density at radius 2 is 2.37 bits per heavy atom. The van der Waals surface area contributed by atoms with Gasteiger partial charge in [-0.25, -0.2) is 19.3 Å². The third kappa shape index (κ3) is 2.12. The van der Waals surface area contributed by atoms with E-state index in [1.165, 1.54) is 9.28 Å². The molecule has 0 radical (unpaired) electrons. The van der Waals surface area contributed by atoms with Crippen molar-refractivity contribution in [3.63, 3.8) is 0 Å². The van der Waals surface area contributed by atoms with Crippen LogP contribution in [0.2, 0.25) is 0 Å². The van der Waals surface area contributed by atoms with Crippen LogP contribution in [-0.4, -0.2) is 19.6 Å². The summed E-state index contributed by atoms with van der Waals surface area (Å²) in [7, 11) is 0. The summed E-state index contributed by atoms with van der Waals surface area (Å²) in [5, 5.41) is 11.7. The molecule has 98 valence electrons. The topological polar surface area (TPSA) is 75.1 Å². The van der Waals surface area contributed by atoms with Crippen molar-refractivity contribution in [2.24, 2.45) is 0 Å². The third-order valence-electron chi connectivity index (χ3n) is 2.90. The Hall–Kier alpha value is -2.15. The number of H-pyrrole nitrogens is 1. The van der Waals surface area contributed by atoms with Crippen LogP contribution in [-0.2, 0) is 0 Å². The molecule has 1 unspecified atom stereocenters. The molecule has 7 heteroatoms. The number of hydrogen-bond donors (Lipinski definition) is 2. The van der Waals surface area contributed by atoms with Crippen LogP contribution >= 0.6 is 11.3 Å². The molecule has 0 aliphatic rings. The van der Waals surface area contributed by atoms with E-state index in [0.29, 0.717) is 17.3 Å². The quantitative estimate of drug-likeness (QED) is 0.766. The van der Waals surface area contributed by atoms with Crippen LogP contribution in [0.3, 0.4) is 0 Å². The lowest BCUT2D eigenvalue weighted by atomic mass is 10.3. The number of anilines is 1. The second-order valence-electron chi connectivity index (χ2n) is 4.29. The summed E-state index contributed by atoms with van der Waals surface area (Å²) in [6, 6.07) is 6.02. The predicted octanol–water partition coefficient (Wildman–Crippen LogP) is 1.96. The molecule has 2 N–H and O–H groups in total. The molecule has 0 aromatic carbocycles. The van der Waals surface area contributed by atoms with Crippen molar-refractivity contribution < 1.29 is 0 Å². The molecule has 0 spiro atoms. The normalized spacial score (nSPS) is 12.7. The maximum Gasteiger partial charge on any atom is 0.349 e. The Kier molecular flexibility index (Phi) is 2.83. The highest BCUT2D eigenvalue weighted by atomic mass is 32.1. The highest BCUT2D eigenvalue weighted by molar-refractivity contribution is 7.10. The molecular weight excluding hydrogens is 262 g/mol. The summed E-state index contributed by atoms with van der Waals surface area (Å²) < 4.78 is 1.45. The van der Waals surface area contributed by atoms with Crippen molar-refractivity contribution in [1.29, 1.82) is 0 Å². The van der Waals surface area contributed by atoms with Crippen LogP contribution in [0.5, 0.6) is 0 Å². The minimum Gasteiger partial charge on any atom is -0.363 e. The number of nitrogens with zero attached hydrogens (tertiary/aromatic N) is 3. The predicted molar refractivity (Wildman–Crippen MR) is 74.7 cm³/mol. The summed E-state index contributed by atoms with van der Waals surface area (Å²) in [5.74, 6) is 1.32. The van der Waals surface area contributed by atoms with Crippen LogP contribution in [0, 0.1) is 6.92 Å². The van der Waals surface area contributed by atoms with Crippen LogP contribution in [0.1, 0.15) is 23.7 Å². The van der Waals surface area contributed by atoms with E-state index in [0.717, 1.165) is 0 Å². The van der Waals surface area contributed by atoms with Gasteiger partial charge in [0.15, 0.2) is 5.65 Å². The van der Waals surface area contributed by atoms with E-state index in [4.69, 9.17) is 0 Å². The number of aromatic amines is 1. The summed E-state index contributed by atoms with van der Waals surface area (Å²) in [5.41, 5.74) is 0.302. The number of aryl methyl sites for hydroxylation is 1. The van der Waals surface area contributed by atoms with E-state index in [1.807, 2.05) is 11.4 Å². The van der Waals surface area contributed by atoms with Gasteiger partial charge >= 0.3 is 5.69 Å². The molecule has 1 atom stereocenters. The largest absolute Gasteiger partial charge is 0.363 e. The zero-order valence-electron chi connectivity index (χ0n) is 10.5. The summed E-state index contributed by atoms with van der Waals surface area (Å²) in [4.78, 5) is 17.1. The molecule has 3 aromatic heterocycles. The Balaban J connectivity index is 1.95. The van der Waals surface area contributed by atoms with E-state index in [9.17, 15) is 4.79 Å². The SMILES string of the molecule is Cc1nc(NC(C)c2cccs2)cc2n[nH]c(=O)n12. The zero-order valence-corrected chi connectivity index (χ0v) is 11.4. The van der Waals surface area contributed by atoms with E-state index < -0.39 is 0 Å². The standard InChI is InChI=1S/C12H13N5OS/c1-7(9-4-3-5-19-9)13-10-6-11-15-16-12(18)17(11)8(2)14-10/h3-7,13H,1-2H3,(H,16,18). The van der Waals surface area contributed by atoms with E-state index >= 15 is 0 Å². The van der Waals surface area contributed by atoms with E-state index in [-0.39, 0.29) is 11.7 Å². The van der Waals surface area contributed by atoms with Crippen LogP contribution in [0.25, 0.3) is 5.65 Å². The van der Waals surface area contributed by atoms with Gasteiger partial charge in [0, 0.05) is 10.9 Å². The second-order valence-corrected chi connectivity index (χ2v) is 5.27. The average molecular weight is 275 g/mol. The van der Waals surface area contributed by atoms with Gasteiger partial charge < -0.3 is 5.32 Å². The Morgan fingerprint density at radius 1 is 1.53 bits per heavy atom. The fourth-order valence-electron chi connectivity index (χ4n) is 2.00. The molecule has 3 rings (SSSR count). The van der Waals surface area contributed by atoms with Crippen molar-refractivity contribution in [3.05, 3.63) is 44.8 Å². The first-order valence-electron chi connectivity index (χ1n) is 5.90. The van der Waals surface area contributed by atoms with Gasteiger partial charge in [0.05, 0.1) is 6.04 Å². The lowest BCUT2D eigenvalue weighted by Gasteiger charge is -2.13. The second kappa shape index (κ2) is 4.51. The Bertz CT molecular complexity index is 758. The number of fused-ring (bicyclic) bond motifs is 1. The van der Waals surface area contributed by atoms with Crippen LogP contribution in [0.15, 0.2) is 28.4 Å². The molecule has 3 heterocycles. The van der Waals surface area contributed by atoms with Gasteiger partial charge in [-0.3, -0.25) is 0 Å². The van der Waals surface area contributed by atoms with Crippen LogP contribution < -0.4 is 11.0 Å². The van der Waals surface area contributed by atoms with Gasteiger partial charge in [0.1, 0.15) is 11.6 Å². The number of aromatic nitrogens is 4. The van der Waals surface area contributed by atoms with E-state index in [1.54, 1.807) is 24.3 Å². The number of nitrogens with one attached hydrogen (secondary N) is 2. The molecule has 0 saturated heterocycles. The first kappa shape index (κ1) is 11.9. The first-order chi connectivity index (χ1) is 9.15. The number of thiophene rings is 1. The van der Waals surface area contributed by atoms with Gasteiger partial charge in [-0.2, -0.15) is 5.10 Å². The van der Waals surface area contributed by atoms with E-state index in [2.05, 4.69) is 33.5 Å². The summed E-state index contributed by atoms with van der Waals surface area (Å²) in [6.07, 6.45) is 0. The molecule has 0 saturated carbocycles. The minimum absolute atomic E-state index is 0.167. The fourth-order valence-corrected chi connectivity index (χ4v) is 2.74. The van der Waals surface area contributed by atoms with Gasteiger partial charge in [-0.05, 0) is 25.3 Å². The number of hydrogen-bond acceptors (Lipinski definition) is 5. The molecule has 3 aromatic rings. The molecule has 6 nitrogen and oxygen atoms in total. The lowest BCUT2D eigenvalue weighted by Crippen LogP contribution is -2.14. The zero-order chi connectivity index (χ0) is 13.4. The van der Waals surface area contributed by atoms with Crippen LogP contribution in [0.4, 0.5) is 5.82 Å². The molecular formula is C12H13N5OS. The van der Waals surface area contributed by atoms with Crippen molar-refractivity contribution in [2.75, 3.05) is 5.32 Å². The third-order valence-corrected chi connectivity index (χ3v) is 3.96. The molecule has 0 aliphatic carbocycles. The first-order valence-corrected chi connectivity index (χ1v) is 6.78. The monoisotopic (exact) mass is 275 g/mol. The Morgan fingerprint density at radius 3 is 3.11 bits per heavy atom. The Labute approximate surface area is 113 Å². The van der Waals surface area contributed by atoms with Crippen molar-refractivity contribution >= 4 is 22.8 Å². The van der Waals surface area contributed by atoms with Gasteiger partial charge in [0.2, 0.25) is 0 Å². The fraction of sp³-hybridized carbons (Fsp3) is 0.250. The molecule has 19 heavy (non-hydrogen) atoms. The minimum atomic E-state index is -0.266. The molecule has 0 bridgehead atoms. The number of rotatable bonds is 3. The van der Waals surface area contributed by atoms with Gasteiger partial charge in [-0.1, -0.05) is 6.07 Å².